The van der Waals surface area contributed by atoms with Gasteiger partial charge in [0.25, 0.3) is 5.91 Å². The maximum Gasteiger partial charge on any atom is 0.254 e. The maximum absolute atomic E-state index is 13.6. The highest BCUT2D eigenvalue weighted by Crippen LogP contribution is 2.41. The van der Waals surface area contributed by atoms with Crippen LogP contribution in [0.15, 0.2) is 48.5 Å². The number of likely N-dealkylation sites (tertiary alicyclic amines) is 1. The van der Waals surface area contributed by atoms with Crippen LogP contribution in [-0.2, 0) is 11.3 Å². The lowest BCUT2D eigenvalue weighted by Gasteiger charge is -2.34. The molecule has 1 saturated carbocycles. The zero-order valence-corrected chi connectivity index (χ0v) is 19.1. The van der Waals surface area contributed by atoms with Gasteiger partial charge in [-0.2, -0.15) is 0 Å². The number of fused-ring (bicyclic) bond motifs is 1. The van der Waals surface area contributed by atoms with Gasteiger partial charge in [-0.15, -0.1) is 0 Å². The van der Waals surface area contributed by atoms with Gasteiger partial charge in [0.1, 0.15) is 17.5 Å². The zero-order chi connectivity index (χ0) is 22.7. The minimum absolute atomic E-state index is 0.0125. The fraction of sp³-hybridized carbons (Fsp3) is 0.462. The molecule has 0 aromatic heterocycles. The van der Waals surface area contributed by atoms with Crippen LogP contribution >= 0.6 is 0 Å². The number of hydrogen-bond acceptors (Lipinski definition) is 4. The van der Waals surface area contributed by atoms with Crippen molar-refractivity contribution in [1.29, 1.82) is 0 Å². The molecule has 0 bridgehead atoms. The van der Waals surface area contributed by atoms with Crippen molar-refractivity contribution in [2.45, 2.75) is 50.7 Å². The lowest BCUT2D eigenvalue weighted by atomic mass is 9.84. The smallest absolute Gasteiger partial charge is 0.254 e. The summed E-state index contributed by atoms with van der Waals surface area (Å²) < 4.78 is 10.8. The molecule has 170 valence electrons. The van der Waals surface area contributed by atoms with E-state index in [1.807, 2.05) is 53.4 Å². The third-order valence-corrected chi connectivity index (χ3v) is 6.91. The lowest BCUT2D eigenvalue weighted by molar-refractivity contribution is -0.134. The summed E-state index contributed by atoms with van der Waals surface area (Å²) >= 11 is 0. The highest BCUT2D eigenvalue weighted by Gasteiger charge is 2.48. The Morgan fingerprint density at radius 3 is 2.50 bits per heavy atom. The average molecular weight is 437 g/mol. The van der Waals surface area contributed by atoms with Crippen LogP contribution in [0.1, 0.15) is 48.0 Å². The Morgan fingerprint density at radius 2 is 1.78 bits per heavy atom. The topological polar surface area (TPSA) is 59.1 Å². The number of carbonyl (C=O) groups is 2. The molecule has 1 heterocycles. The summed E-state index contributed by atoms with van der Waals surface area (Å²) in [6.45, 7) is 0.408. The van der Waals surface area contributed by atoms with Gasteiger partial charge >= 0.3 is 0 Å². The second kappa shape index (κ2) is 9.63. The molecule has 3 atom stereocenters. The third kappa shape index (κ3) is 4.31. The van der Waals surface area contributed by atoms with E-state index in [9.17, 15) is 9.59 Å². The van der Waals surface area contributed by atoms with Crippen molar-refractivity contribution in [1.82, 2.24) is 9.80 Å². The molecule has 32 heavy (non-hydrogen) atoms. The maximum atomic E-state index is 13.6. The van der Waals surface area contributed by atoms with E-state index < -0.39 is 6.04 Å². The fourth-order valence-electron chi connectivity index (χ4n) is 5.27. The van der Waals surface area contributed by atoms with Crippen LogP contribution in [-0.4, -0.2) is 55.0 Å². The number of amides is 2. The molecule has 4 rings (SSSR count). The standard InChI is InChI=1S/C26H32N2O4/c1-27(17-20-13-14-21(31-2)16-24(20)32-3)26(30)23-15-19-11-7-8-12-22(19)28(23)25(29)18-9-5-4-6-10-18/h4-6,9-10,13-14,16,19,22-23H,7-8,11-12,15,17H2,1-3H3. The Labute approximate surface area is 190 Å². The molecule has 6 heteroatoms. The minimum atomic E-state index is -0.426. The van der Waals surface area contributed by atoms with E-state index in [4.69, 9.17) is 9.47 Å². The molecule has 2 aromatic carbocycles. The quantitative estimate of drug-likeness (QED) is 0.683. The van der Waals surface area contributed by atoms with Crippen LogP contribution in [0.2, 0.25) is 0 Å². The molecule has 6 nitrogen and oxygen atoms in total. The van der Waals surface area contributed by atoms with E-state index in [1.165, 1.54) is 6.42 Å². The van der Waals surface area contributed by atoms with Crippen LogP contribution in [0.25, 0.3) is 0 Å². The number of methoxy groups -OCH3 is 2. The average Bonchev–Trinajstić information content (AvgIpc) is 3.23. The number of hydrogen-bond donors (Lipinski definition) is 0. The summed E-state index contributed by atoms with van der Waals surface area (Å²) in [6, 6.07) is 14.7. The normalized spacial score (nSPS) is 22.2. The van der Waals surface area contributed by atoms with Crippen molar-refractivity contribution in [3.8, 4) is 11.5 Å². The number of benzene rings is 2. The highest BCUT2D eigenvalue weighted by molar-refractivity contribution is 5.98. The number of ether oxygens (including phenoxy) is 2. The van der Waals surface area contributed by atoms with Gasteiger partial charge in [-0.05, 0) is 49.4 Å². The Bertz CT molecular complexity index is 962. The Morgan fingerprint density at radius 1 is 1.03 bits per heavy atom. The monoisotopic (exact) mass is 436 g/mol. The molecule has 0 spiro atoms. The van der Waals surface area contributed by atoms with Crippen molar-refractivity contribution in [2.24, 2.45) is 5.92 Å². The van der Waals surface area contributed by atoms with Gasteiger partial charge in [-0.1, -0.05) is 31.0 Å². The fourth-order valence-corrected chi connectivity index (χ4v) is 5.27. The van der Waals surface area contributed by atoms with Gasteiger partial charge < -0.3 is 19.3 Å². The lowest BCUT2D eigenvalue weighted by Crippen LogP contribution is -2.49. The van der Waals surface area contributed by atoms with E-state index in [1.54, 1.807) is 26.2 Å². The molecular formula is C26H32N2O4. The summed E-state index contributed by atoms with van der Waals surface area (Å²) in [6.07, 6.45) is 5.09. The van der Waals surface area contributed by atoms with Gasteiger partial charge in [0, 0.05) is 36.8 Å². The first-order valence-corrected chi connectivity index (χ1v) is 11.4. The summed E-state index contributed by atoms with van der Waals surface area (Å²) in [7, 11) is 5.03. The summed E-state index contributed by atoms with van der Waals surface area (Å²) in [5.41, 5.74) is 1.55. The molecule has 2 amide bonds. The molecule has 0 N–H and O–H groups in total. The van der Waals surface area contributed by atoms with Crippen LogP contribution in [0.5, 0.6) is 11.5 Å². The first-order chi connectivity index (χ1) is 15.5. The Kier molecular flexibility index (Phi) is 6.68. The van der Waals surface area contributed by atoms with Crippen molar-refractivity contribution in [3.63, 3.8) is 0 Å². The van der Waals surface area contributed by atoms with Crippen LogP contribution < -0.4 is 9.47 Å². The van der Waals surface area contributed by atoms with Gasteiger partial charge in [0.2, 0.25) is 5.91 Å². The molecule has 2 fully saturated rings. The van der Waals surface area contributed by atoms with E-state index in [-0.39, 0.29) is 17.9 Å². The number of rotatable bonds is 6. The second-order valence-corrected chi connectivity index (χ2v) is 8.81. The number of likely N-dealkylation sites (N-methyl/N-ethyl adjacent to an activating group) is 1. The molecule has 1 aliphatic carbocycles. The van der Waals surface area contributed by atoms with Crippen molar-refractivity contribution >= 4 is 11.8 Å². The van der Waals surface area contributed by atoms with Gasteiger partial charge in [-0.3, -0.25) is 9.59 Å². The van der Waals surface area contributed by atoms with Crippen molar-refractivity contribution < 1.29 is 19.1 Å². The predicted molar refractivity (Wildman–Crippen MR) is 123 cm³/mol. The van der Waals surface area contributed by atoms with Crippen LogP contribution in [0.3, 0.4) is 0 Å². The Balaban J connectivity index is 1.57. The summed E-state index contributed by atoms with van der Waals surface area (Å²) in [5, 5.41) is 0. The molecule has 1 aliphatic heterocycles. The third-order valence-electron chi connectivity index (χ3n) is 6.91. The van der Waals surface area contributed by atoms with E-state index in [2.05, 4.69) is 0 Å². The number of carbonyl (C=O) groups excluding carboxylic acids is 2. The molecule has 0 radical (unpaired) electrons. The Hall–Kier alpha value is -3.02. The van der Waals surface area contributed by atoms with Crippen molar-refractivity contribution in [3.05, 3.63) is 59.7 Å². The molecular weight excluding hydrogens is 404 g/mol. The minimum Gasteiger partial charge on any atom is -0.497 e. The van der Waals surface area contributed by atoms with Gasteiger partial charge in [0.05, 0.1) is 14.2 Å². The molecule has 2 aliphatic rings. The number of nitrogens with zero attached hydrogens (tertiary/aromatic N) is 2. The molecule has 2 aromatic rings. The predicted octanol–water partition coefficient (Wildman–Crippen LogP) is 4.14. The van der Waals surface area contributed by atoms with E-state index in [0.29, 0.717) is 29.5 Å². The van der Waals surface area contributed by atoms with E-state index >= 15 is 0 Å². The van der Waals surface area contributed by atoms with Crippen LogP contribution in [0, 0.1) is 5.92 Å². The molecule has 3 unspecified atom stereocenters. The van der Waals surface area contributed by atoms with Gasteiger partial charge in [0.15, 0.2) is 0 Å². The summed E-state index contributed by atoms with van der Waals surface area (Å²) in [5.74, 6) is 1.74. The van der Waals surface area contributed by atoms with E-state index in [0.717, 1.165) is 31.2 Å². The van der Waals surface area contributed by atoms with Gasteiger partial charge in [-0.25, -0.2) is 0 Å². The molecule has 1 saturated heterocycles. The highest BCUT2D eigenvalue weighted by atomic mass is 16.5. The first-order valence-electron chi connectivity index (χ1n) is 11.4. The van der Waals surface area contributed by atoms with Crippen LogP contribution in [0.4, 0.5) is 0 Å². The summed E-state index contributed by atoms with van der Waals surface area (Å²) in [4.78, 5) is 30.7. The second-order valence-electron chi connectivity index (χ2n) is 8.81. The SMILES string of the molecule is COc1ccc(CN(C)C(=O)C2CC3CCCCC3N2C(=O)c2ccccc2)c(OC)c1. The zero-order valence-electron chi connectivity index (χ0n) is 19.1. The van der Waals surface area contributed by atoms with Crippen molar-refractivity contribution in [2.75, 3.05) is 21.3 Å². The first kappa shape index (κ1) is 22.2. The largest absolute Gasteiger partial charge is 0.497 e.